The van der Waals surface area contributed by atoms with Crippen LogP contribution >= 0.6 is 0 Å². The molecule has 0 fully saturated rings. The fourth-order valence-corrected chi connectivity index (χ4v) is 4.93. The van der Waals surface area contributed by atoms with Gasteiger partial charge < -0.3 is 0 Å². The van der Waals surface area contributed by atoms with Crippen molar-refractivity contribution in [3.63, 3.8) is 0 Å². The Hall–Kier alpha value is -3.71. The van der Waals surface area contributed by atoms with Crippen LogP contribution in [0.4, 0.5) is 0 Å². The highest BCUT2D eigenvalue weighted by Gasteiger charge is 2.30. The van der Waals surface area contributed by atoms with Crippen LogP contribution in [0.5, 0.6) is 0 Å². The van der Waals surface area contributed by atoms with Gasteiger partial charge in [0.2, 0.25) is 0 Å². The molecule has 0 N–H and O–H groups in total. The van der Waals surface area contributed by atoms with Crippen molar-refractivity contribution in [2.45, 2.75) is 12.3 Å². The smallest absolute Gasteiger partial charge is 0.0743 e. The van der Waals surface area contributed by atoms with Crippen LogP contribution in [0.15, 0.2) is 109 Å². The first-order valence-electron chi connectivity index (χ1n) is 10.5. The number of aromatic nitrogens is 1. The van der Waals surface area contributed by atoms with E-state index < -0.39 is 0 Å². The van der Waals surface area contributed by atoms with Gasteiger partial charge in [-0.05, 0) is 45.5 Å². The van der Waals surface area contributed by atoms with Crippen LogP contribution < -0.4 is 0 Å². The first kappa shape index (κ1) is 17.2. The molecule has 0 radical (unpaired) electrons. The summed E-state index contributed by atoms with van der Waals surface area (Å²) in [5, 5.41) is 3.83. The molecule has 1 heterocycles. The van der Waals surface area contributed by atoms with Gasteiger partial charge in [-0.15, -0.1) is 0 Å². The topological polar surface area (TPSA) is 12.9 Å². The quantitative estimate of drug-likeness (QED) is 0.322. The van der Waals surface area contributed by atoms with E-state index in [0.717, 1.165) is 11.9 Å². The summed E-state index contributed by atoms with van der Waals surface area (Å²) in [6.07, 6.45) is 5.25. The van der Waals surface area contributed by atoms with Gasteiger partial charge in [0, 0.05) is 17.5 Å². The van der Waals surface area contributed by atoms with Gasteiger partial charge in [-0.3, -0.25) is 4.98 Å². The lowest BCUT2D eigenvalue weighted by Gasteiger charge is -2.21. The molecule has 1 aromatic heterocycles. The third-order valence-corrected chi connectivity index (χ3v) is 6.23. The van der Waals surface area contributed by atoms with Crippen molar-refractivity contribution in [1.29, 1.82) is 0 Å². The molecule has 1 aliphatic rings. The highest BCUT2D eigenvalue weighted by atomic mass is 14.7. The standard InChI is InChI=1S/C29H21N/c1-2-8-20(9-3-1)18-24-19-23-16-15-21-10-4-5-13-25(21)27(23)28(24)26-14-6-11-22-12-7-17-30-29(22)26/h1-17,19,28H,18H2. The second-order valence-electron chi connectivity index (χ2n) is 8.03. The van der Waals surface area contributed by atoms with Crippen LogP contribution in [-0.4, -0.2) is 4.98 Å². The van der Waals surface area contributed by atoms with Crippen molar-refractivity contribution in [2.24, 2.45) is 0 Å². The van der Waals surface area contributed by atoms with Gasteiger partial charge in [-0.2, -0.15) is 0 Å². The molecule has 1 heteroatoms. The van der Waals surface area contributed by atoms with Crippen molar-refractivity contribution in [3.8, 4) is 0 Å². The van der Waals surface area contributed by atoms with E-state index in [1.54, 1.807) is 0 Å². The zero-order valence-electron chi connectivity index (χ0n) is 16.6. The third kappa shape index (κ3) is 2.74. The third-order valence-electron chi connectivity index (χ3n) is 6.23. The maximum absolute atomic E-state index is 4.79. The Labute approximate surface area is 176 Å². The van der Waals surface area contributed by atoms with Crippen molar-refractivity contribution < 1.29 is 0 Å². The summed E-state index contributed by atoms with van der Waals surface area (Å²) < 4.78 is 0. The predicted octanol–water partition coefficient (Wildman–Crippen LogP) is 7.16. The first-order valence-corrected chi connectivity index (χ1v) is 10.5. The minimum absolute atomic E-state index is 0.213. The van der Waals surface area contributed by atoms with Crippen LogP contribution in [0, 0.1) is 0 Å². The largest absolute Gasteiger partial charge is 0.256 e. The number of fused-ring (bicyclic) bond motifs is 4. The number of benzene rings is 4. The molecular weight excluding hydrogens is 362 g/mol. The van der Waals surface area contributed by atoms with E-state index in [-0.39, 0.29) is 5.92 Å². The van der Waals surface area contributed by atoms with Gasteiger partial charge >= 0.3 is 0 Å². The van der Waals surface area contributed by atoms with Crippen LogP contribution in [-0.2, 0) is 6.42 Å². The number of rotatable bonds is 3. The van der Waals surface area contributed by atoms with Crippen molar-refractivity contribution in [1.82, 2.24) is 4.98 Å². The molecule has 4 aromatic carbocycles. The number of para-hydroxylation sites is 1. The van der Waals surface area contributed by atoms with Crippen molar-refractivity contribution in [3.05, 3.63) is 131 Å². The fourth-order valence-electron chi connectivity index (χ4n) is 4.93. The zero-order chi connectivity index (χ0) is 19.9. The Morgan fingerprint density at radius 3 is 2.40 bits per heavy atom. The highest BCUT2D eigenvalue weighted by molar-refractivity contribution is 5.94. The molecule has 5 aromatic rings. The van der Waals surface area contributed by atoms with Crippen molar-refractivity contribution in [2.75, 3.05) is 0 Å². The molecule has 0 aliphatic heterocycles. The molecule has 0 bridgehead atoms. The molecule has 1 unspecified atom stereocenters. The zero-order valence-corrected chi connectivity index (χ0v) is 16.6. The van der Waals surface area contributed by atoms with Gasteiger partial charge in [-0.25, -0.2) is 0 Å². The second-order valence-corrected chi connectivity index (χ2v) is 8.03. The lowest BCUT2D eigenvalue weighted by molar-refractivity contribution is 0.937. The predicted molar refractivity (Wildman–Crippen MR) is 126 cm³/mol. The molecule has 1 atom stereocenters. The molecule has 1 nitrogen and oxygen atoms in total. The van der Waals surface area contributed by atoms with Crippen LogP contribution in [0.25, 0.3) is 27.8 Å². The average molecular weight is 383 g/mol. The average Bonchev–Trinajstić information content (AvgIpc) is 3.17. The number of pyridine rings is 1. The lowest BCUT2D eigenvalue weighted by atomic mass is 9.82. The summed E-state index contributed by atoms with van der Waals surface area (Å²) in [6.45, 7) is 0. The van der Waals surface area contributed by atoms with Gasteiger partial charge in [0.1, 0.15) is 0 Å². The summed E-state index contributed by atoms with van der Waals surface area (Å²) in [7, 11) is 0. The Morgan fingerprint density at radius 2 is 1.47 bits per heavy atom. The van der Waals surface area contributed by atoms with E-state index in [9.17, 15) is 0 Å². The Bertz CT molecular complexity index is 1410. The summed E-state index contributed by atoms with van der Waals surface area (Å²) in [5.74, 6) is 0.213. The number of hydrogen-bond donors (Lipinski definition) is 0. The summed E-state index contributed by atoms with van der Waals surface area (Å²) in [6, 6.07) is 34.8. The lowest BCUT2D eigenvalue weighted by Crippen LogP contribution is -2.06. The van der Waals surface area contributed by atoms with Crippen LogP contribution in [0.2, 0.25) is 0 Å². The number of nitrogens with zero attached hydrogens (tertiary/aromatic N) is 1. The Kier molecular flexibility index (Phi) is 3.99. The number of allylic oxidation sites excluding steroid dienone is 1. The maximum Gasteiger partial charge on any atom is 0.0743 e. The van der Waals surface area contributed by atoms with Crippen LogP contribution in [0.3, 0.4) is 0 Å². The maximum atomic E-state index is 4.79. The Morgan fingerprint density at radius 1 is 0.667 bits per heavy atom. The van der Waals surface area contributed by atoms with E-state index >= 15 is 0 Å². The second kappa shape index (κ2) is 6.96. The molecule has 0 spiro atoms. The monoisotopic (exact) mass is 383 g/mol. The minimum atomic E-state index is 0.213. The van der Waals surface area contributed by atoms with Gasteiger partial charge in [0.05, 0.1) is 5.52 Å². The van der Waals surface area contributed by atoms with E-state index in [1.165, 1.54) is 44.0 Å². The molecule has 0 amide bonds. The normalized spacial score (nSPS) is 15.3. The van der Waals surface area contributed by atoms with Gasteiger partial charge in [0.25, 0.3) is 0 Å². The summed E-state index contributed by atoms with van der Waals surface area (Å²) >= 11 is 0. The molecule has 0 saturated heterocycles. The Balaban J connectivity index is 1.61. The van der Waals surface area contributed by atoms with E-state index in [1.807, 2.05) is 12.3 Å². The molecule has 30 heavy (non-hydrogen) atoms. The summed E-state index contributed by atoms with van der Waals surface area (Å²) in [4.78, 5) is 4.79. The van der Waals surface area contributed by atoms with Crippen LogP contribution in [0.1, 0.15) is 28.2 Å². The van der Waals surface area contributed by atoms with E-state index in [4.69, 9.17) is 4.98 Å². The first-order chi connectivity index (χ1) is 14.9. The summed E-state index contributed by atoms with van der Waals surface area (Å²) in [5.41, 5.74) is 7.93. The fraction of sp³-hybridized carbons (Fsp3) is 0.0690. The molecule has 0 saturated carbocycles. The highest BCUT2D eigenvalue weighted by Crippen LogP contribution is 2.47. The van der Waals surface area contributed by atoms with Gasteiger partial charge in [0.15, 0.2) is 0 Å². The van der Waals surface area contributed by atoms with E-state index in [2.05, 4.69) is 97.1 Å². The minimum Gasteiger partial charge on any atom is -0.256 e. The molecular formula is C29H21N. The van der Waals surface area contributed by atoms with E-state index in [0.29, 0.717) is 0 Å². The number of hydrogen-bond acceptors (Lipinski definition) is 1. The van der Waals surface area contributed by atoms with Crippen molar-refractivity contribution >= 4 is 27.8 Å². The molecule has 6 rings (SSSR count). The SMILES string of the molecule is C1=C(Cc2ccccc2)C(c2cccc3cccnc23)c2c1ccc1ccccc21. The molecule has 142 valence electrons. The molecule has 1 aliphatic carbocycles. The van der Waals surface area contributed by atoms with Gasteiger partial charge in [-0.1, -0.05) is 103 Å².